The minimum atomic E-state index is -1.05. The number of amides is 2. The predicted molar refractivity (Wildman–Crippen MR) is 79.9 cm³/mol. The van der Waals surface area contributed by atoms with Gasteiger partial charge in [0.1, 0.15) is 6.54 Å². The summed E-state index contributed by atoms with van der Waals surface area (Å²) in [4.78, 5) is 38.3. The summed E-state index contributed by atoms with van der Waals surface area (Å²) in [6.07, 6.45) is 0.728. The van der Waals surface area contributed by atoms with E-state index in [0.717, 1.165) is 5.56 Å². The molecule has 1 aromatic rings. The van der Waals surface area contributed by atoms with Crippen LogP contribution in [0.25, 0.3) is 0 Å². The second-order valence-corrected chi connectivity index (χ2v) is 5.58. The molecule has 1 heterocycles. The number of hydrogen-bond donors (Lipinski definition) is 1. The van der Waals surface area contributed by atoms with Gasteiger partial charge in [-0.3, -0.25) is 14.4 Å². The number of likely N-dealkylation sites (tertiary alicyclic amines) is 1. The molecule has 2 amide bonds. The monoisotopic (exact) mass is 304 g/mol. The predicted octanol–water partition coefficient (Wildman–Crippen LogP) is 0.968. The van der Waals surface area contributed by atoms with Crippen LogP contribution in [0.1, 0.15) is 18.4 Å². The number of carboxylic acid groups (broad SMARTS) is 1. The normalized spacial score (nSPS) is 18.1. The van der Waals surface area contributed by atoms with Gasteiger partial charge >= 0.3 is 5.97 Å². The smallest absolute Gasteiger partial charge is 0.323 e. The number of carbonyl (C=O) groups excluding carboxylic acids is 2. The van der Waals surface area contributed by atoms with Crippen molar-refractivity contribution in [2.75, 3.05) is 20.1 Å². The maximum absolute atomic E-state index is 12.6. The first-order valence-electron chi connectivity index (χ1n) is 7.26. The van der Waals surface area contributed by atoms with E-state index in [9.17, 15) is 14.4 Å². The molecule has 1 atom stereocenters. The van der Waals surface area contributed by atoms with E-state index >= 15 is 0 Å². The van der Waals surface area contributed by atoms with Gasteiger partial charge in [0.15, 0.2) is 0 Å². The average molecular weight is 304 g/mol. The Balaban J connectivity index is 2.09. The van der Waals surface area contributed by atoms with Gasteiger partial charge in [0.25, 0.3) is 0 Å². The number of hydrogen-bond acceptors (Lipinski definition) is 3. The van der Waals surface area contributed by atoms with Gasteiger partial charge in [-0.2, -0.15) is 0 Å². The highest BCUT2D eigenvalue weighted by atomic mass is 16.4. The third-order valence-corrected chi connectivity index (χ3v) is 3.86. The molecule has 1 fully saturated rings. The van der Waals surface area contributed by atoms with Crippen LogP contribution < -0.4 is 0 Å². The van der Waals surface area contributed by atoms with E-state index in [1.165, 1.54) is 4.90 Å². The number of carboxylic acids is 1. The van der Waals surface area contributed by atoms with Crippen molar-refractivity contribution < 1.29 is 19.5 Å². The first kappa shape index (κ1) is 16.0. The number of benzene rings is 1. The minimum absolute atomic E-state index is 0.0698. The van der Waals surface area contributed by atoms with Crippen molar-refractivity contribution in [2.24, 2.45) is 5.92 Å². The third kappa shape index (κ3) is 4.07. The zero-order chi connectivity index (χ0) is 16.1. The van der Waals surface area contributed by atoms with Gasteiger partial charge in [-0.1, -0.05) is 30.3 Å². The first-order valence-corrected chi connectivity index (χ1v) is 7.26. The molecule has 1 aliphatic heterocycles. The summed E-state index contributed by atoms with van der Waals surface area (Å²) < 4.78 is 0. The van der Waals surface area contributed by atoms with E-state index in [-0.39, 0.29) is 31.3 Å². The van der Waals surface area contributed by atoms with E-state index < -0.39 is 11.9 Å². The molecule has 0 aromatic heterocycles. The standard InChI is InChI=1S/C16H20N2O4/c1-17-8-7-13(9-14(17)19)16(22)18(11-15(20)21)10-12-5-3-2-4-6-12/h2-6,13H,7-11H2,1H3,(H,20,21). The molecule has 1 aliphatic rings. The van der Waals surface area contributed by atoms with E-state index in [0.29, 0.717) is 13.0 Å². The van der Waals surface area contributed by atoms with Gasteiger partial charge in [-0.15, -0.1) is 0 Å². The Morgan fingerprint density at radius 3 is 2.59 bits per heavy atom. The molecule has 0 saturated carbocycles. The van der Waals surface area contributed by atoms with Crippen molar-refractivity contribution in [3.8, 4) is 0 Å². The number of rotatable bonds is 5. The lowest BCUT2D eigenvalue weighted by atomic mass is 9.94. The van der Waals surface area contributed by atoms with Crippen LogP contribution in [-0.4, -0.2) is 52.8 Å². The van der Waals surface area contributed by atoms with E-state index in [1.807, 2.05) is 30.3 Å². The number of carbonyl (C=O) groups is 3. The van der Waals surface area contributed by atoms with Crippen LogP contribution in [0.5, 0.6) is 0 Å². The second kappa shape index (κ2) is 7.06. The molecular formula is C16H20N2O4. The number of nitrogens with zero attached hydrogens (tertiary/aromatic N) is 2. The minimum Gasteiger partial charge on any atom is -0.480 e. The maximum Gasteiger partial charge on any atom is 0.323 e. The topological polar surface area (TPSA) is 77.9 Å². The molecule has 0 aliphatic carbocycles. The van der Waals surface area contributed by atoms with Gasteiger partial charge in [0.2, 0.25) is 11.8 Å². The average Bonchev–Trinajstić information content (AvgIpc) is 2.49. The Bertz CT molecular complexity index is 559. The zero-order valence-corrected chi connectivity index (χ0v) is 12.6. The highest BCUT2D eigenvalue weighted by molar-refractivity contribution is 5.88. The van der Waals surface area contributed by atoms with Crippen LogP contribution in [0.4, 0.5) is 0 Å². The molecule has 6 nitrogen and oxygen atoms in total. The van der Waals surface area contributed by atoms with Gasteiger partial charge in [-0.25, -0.2) is 0 Å². The van der Waals surface area contributed by atoms with Crippen molar-refractivity contribution in [3.05, 3.63) is 35.9 Å². The van der Waals surface area contributed by atoms with Crippen molar-refractivity contribution in [2.45, 2.75) is 19.4 Å². The fourth-order valence-electron chi connectivity index (χ4n) is 2.59. The van der Waals surface area contributed by atoms with Gasteiger partial charge in [-0.05, 0) is 12.0 Å². The molecule has 2 rings (SSSR count). The Morgan fingerprint density at radius 2 is 2.00 bits per heavy atom. The molecule has 1 aromatic carbocycles. The summed E-state index contributed by atoms with van der Waals surface area (Å²) in [5, 5.41) is 9.03. The van der Waals surface area contributed by atoms with Crippen LogP contribution in [0.3, 0.4) is 0 Å². The maximum atomic E-state index is 12.6. The lowest BCUT2D eigenvalue weighted by molar-refractivity contribution is -0.149. The van der Waals surface area contributed by atoms with Crippen LogP contribution in [0, 0.1) is 5.92 Å². The van der Waals surface area contributed by atoms with Gasteiger partial charge in [0, 0.05) is 32.5 Å². The zero-order valence-electron chi connectivity index (χ0n) is 12.6. The quantitative estimate of drug-likeness (QED) is 0.879. The van der Waals surface area contributed by atoms with Crippen molar-refractivity contribution in [1.29, 1.82) is 0 Å². The second-order valence-electron chi connectivity index (χ2n) is 5.58. The molecule has 1 saturated heterocycles. The molecule has 0 bridgehead atoms. The summed E-state index contributed by atoms with van der Waals surface area (Å²) in [5.74, 6) is -1.80. The first-order chi connectivity index (χ1) is 10.5. The number of aliphatic carboxylic acids is 1. The lowest BCUT2D eigenvalue weighted by Gasteiger charge is -2.31. The number of piperidine rings is 1. The highest BCUT2D eigenvalue weighted by Crippen LogP contribution is 2.21. The van der Waals surface area contributed by atoms with Crippen LogP contribution in [-0.2, 0) is 20.9 Å². The molecule has 6 heteroatoms. The van der Waals surface area contributed by atoms with E-state index in [1.54, 1.807) is 11.9 Å². The fourth-order valence-corrected chi connectivity index (χ4v) is 2.59. The van der Waals surface area contributed by atoms with Gasteiger partial charge in [0.05, 0.1) is 0 Å². The Labute approximate surface area is 129 Å². The lowest BCUT2D eigenvalue weighted by Crippen LogP contribution is -2.45. The molecule has 0 radical (unpaired) electrons. The molecule has 1 N–H and O–H groups in total. The molecule has 0 spiro atoms. The summed E-state index contributed by atoms with van der Waals surface area (Å²) in [6.45, 7) is 0.419. The van der Waals surface area contributed by atoms with Gasteiger partial charge < -0.3 is 14.9 Å². The summed E-state index contributed by atoms with van der Waals surface area (Å²) in [5.41, 5.74) is 0.872. The van der Waals surface area contributed by atoms with Crippen molar-refractivity contribution in [3.63, 3.8) is 0 Å². The Kier molecular flexibility index (Phi) is 5.14. The molecule has 22 heavy (non-hydrogen) atoms. The molecule has 118 valence electrons. The Morgan fingerprint density at radius 1 is 1.32 bits per heavy atom. The van der Waals surface area contributed by atoms with E-state index in [4.69, 9.17) is 5.11 Å². The summed E-state index contributed by atoms with van der Waals surface area (Å²) >= 11 is 0. The highest BCUT2D eigenvalue weighted by Gasteiger charge is 2.32. The van der Waals surface area contributed by atoms with Crippen LogP contribution in [0.2, 0.25) is 0 Å². The Hall–Kier alpha value is -2.37. The third-order valence-electron chi connectivity index (χ3n) is 3.86. The SMILES string of the molecule is CN1CCC(C(=O)N(CC(=O)O)Cc2ccccc2)CC1=O. The molecule has 1 unspecified atom stereocenters. The largest absolute Gasteiger partial charge is 0.480 e. The molecular weight excluding hydrogens is 284 g/mol. The van der Waals surface area contributed by atoms with Crippen LogP contribution >= 0.6 is 0 Å². The fraction of sp³-hybridized carbons (Fsp3) is 0.438. The van der Waals surface area contributed by atoms with Crippen molar-refractivity contribution in [1.82, 2.24) is 9.80 Å². The summed E-state index contributed by atoms with van der Waals surface area (Å²) in [6, 6.07) is 9.25. The van der Waals surface area contributed by atoms with Crippen LogP contribution in [0.15, 0.2) is 30.3 Å². The van der Waals surface area contributed by atoms with E-state index in [2.05, 4.69) is 0 Å². The van der Waals surface area contributed by atoms with Crippen molar-refractivity contribution >= 4 is 17.8 Å². The summed E-state index contributed by atoms with van der Waals surface area (Å²) in [7, 11) is 1.71.